The van der Waals surface area contributed by atoms with E-state index >= 15 is 0 Å². The molecule has 84 valence electrons. The summed E-state index contributed by atoms with van der Waals surface area (Å²) >= 11 is 0. The van der Waals surface area contributed by atoms with Gasteiger partial charge in [0.15, 0.2) is 0 Å². The lowest BCUT2D eigenvalue weighted by molar-refractivity contribution is -0.142. The van der Waals surface area contributed by atoms with Gasteiger partial charge in [-0.05, 0) is 12.8 Å². The quantitative estimate of drug-likeness (QED) is 0.779. The van der Waals surface area contributed by atoms with Crippen LogP contribution in [0.3, 0.4) is 0 Å². The molecular weight excluding hydrogens is 192 g/mol. The van der Waals surface area contributed by atoms with Gasteiger partial charge in [-0.25, -0.2) is 4.98 Å². The summed E-state index contributed by atoms with van der Waals surface area (Å²) in [6.45, 7) is 2.01. The molecule has 0 amide bonds. The first-order valence-electron chi connectivity index (χ1n) is 5.34. The number of aryl methyl sites for hydroxylation is 2. The Balaban J connectivity index is 2.47. The lowest BCUT2D eigenvalue weighted by Gasteiger charge is -2.10. The molecule has 0 saturated heterocycles. The molecule has 0 aliphatic carbocycles. The van der Waals surface area contributed by atoms with E-state index in [-0.39, 0.29) is 5.92 Å². The van der Waals surface area contributed by atoms with Crippen molar-refractivity contribution in [1.29, 1.82) is 0 Å². The molecule has 0 spiro atoms. The van der Waals surface area contributed by atoms with Crippen LogP contribution in [0.1, 0.15) is 32.0 Å². The highest BCUT2D eigenvalue weighted by Gasteiger charge is 2.16. The summed E-state index contributed by atoms with van der Waals surface area (Å²) in [4.78, 5) is 15.1. The summed E-state index contributed by atoms with van der Waals surface area (Å²) < 4.78 is 1.94. The first-order valence-corrected chi connectivity index (χ1v) is 5.34. The van der Waals surface area contributed by atoms with E-state index < -0.39 is 5.97 Å². The Morgan fingerprint density at radius 2 is 2.33 bits per heavy atom. The van der Waals surface area contributed by atoms with Crippen LogP contribution in [0.15, 0.2) is 12.4 Å². The molecule has 0 fully saturated rings. The Morgan fingerprint density at radius 3 is 2.80 bits per heavy atom. The third-order valence-corrected chi connectivity index (χ3v) is 2.62. The first-order chi connectivity index (χ1) is 7.15. The SMILES string of the molecule is CCCC(CCc1nccn1C)C(=O)O. The van der Waals surface area contributed by atoms with E-state index in [1.807, 2.05) is 24.7 Å². The molecule has 1 aromatic heterocycles. The molecule has 0 radical (unpaired) electrons. The van der Waals surface area contributed by atoms with Crippen molar-refractivity contribution in [3.8, 4) is 0 Å². The minimum Gasteiger partial charge on any atom is -0.481 e. The molecule has 1 N–H and O–H groups in total. The van der Waals surface area contributed by atoms with Crippen molar-refractivity contribution in [2.75, 3.05) is 0 Å². The predicted molar refractivity (Wildman–Crippen MR) is 57.6 cm³/mol. The molecule has 0 saturated carbocycles. The van der Waals surface area contributed by atoms with Crippen LogP contribution >= 0.6 is 0 Å². The Bertz CT molecular complexity index is 320. The van der Waals surface area contributed by atoms with Crippen molar-refractivity contribution in [2.45, 2.75) is 32.6 Å². The second-order valence-electron chi connectivity index (χ2n) is 3.82. The number of carboxylic acid groups (broad SMARTS) is 1. The molecule has 1 rings (SSSR count). The van der Waals surface area contributed by atoms with Gasteiger partial charge in [-0.1, -0.05) is 13.3 Å². The molecule has 4 heteroatoms. The normalized spacial score (nSPS) is 12.7. The van der Waals surface area contributed by atoms with Crippen LogP contribution in [-0.4, -0.2) is 20.6 Å². The maximum atomic E-state index is 10.9. The fourth-order valence-electron chi connectivity index (χ4n) is 1.68. The average molecular weight is 210 g/mol. The zero-order valence-corrected chi connectivity index (χ0v) is 9.31. The van der Waals surface area contributed by atoms with Gasteiger partial charge in [0.2, 0.25) is 0 Å². The first kappa shape index (κ1) is 11.8. The second-order valence-corrected chi connectivity index (χ2v) is 3.82. The summed E-state index contributed by atoms with van der Waals surface area (Å²) in [5.41, 5.74) is 0. The smallest absolute Gasteiger partial charge is 0.306 e. The molecule has 15 heavy (non-hydrogen) atoms. The third-order valence-electron chi connectivity index (χ3n) is 2.62. The van der Waals surface area contributed by atoms with Gasteiger partial charge in [-0.15, -0.1) is 0 Å². The van der Waals surface area contributed by atoms with E-state index in [9.17, 15) is 4.79 Å². The van der Waals surface area contributed by atoms with Gasteiger partial charge in [-0.3, -0.25) is 4.79 Å². The highest BCUT2D eigenvalue weighted by Crippen LogP contribution is 2.14. The van der Waals surface area contributed by atoms with Crippen molar-refractivity contribution in [2.24, 2.45) is 13.0 Å². The van der Waals surface area contributed by atoms with E-state index in [4.69, 9.17) is 5.11 Å². The van der Waals surface area contributed by atoms with E-state index in [1.165, 1.54) is 0 Å². The number of carboxylic acids is 1. The topological polar surface area (TPSA) is 55.1 Å². The van der Waals surface area contributed by atoms with E-state index in [2.05, 4.69) is 4.98 Å². The molecule has 0 aromatic carbocycles. The summed E-state index contributed by atoms with van der Waals surface area (Å²) in [7, 11) is 1.93. The number of nitrogens with zero attached hydrogens (tertiary/aromatic N) is 2. The van der Waals surface area contributed by atoms with Crippen molar-refractivity contribution < 1.29 is 9.90 Å². The predicted octanol–water partition coefficient (Wildman–Crippen LogP) is 1.85. The number of aliphatic carboxylic acids is 1. The Morgan fingerprint density at radius 1 is 1.60 bits per heavy atom. The number of imidazole rings is 1. The van der Waals surface area contributed by atoms with Gasteiger partial charge in [0.1, 0.15) is 5.82 Å². The zero-order chi connectivity index (χ0) is 11.3. The molecule has 1 atom stereocenters. The van der Waals surface area contributed by atoms with Crippen molar-refractivity contribution in [3.05, 3.63) is 18.2 Å². The van der Waals surface area contributed by atoms with Gasteiger partial charge >= 0.3 is 5.97 Å². The van der Waals surface area contributed by atoms with Gasteiger partial charge < -0.3 is 9.67 Å². The van der Waals surface area contributed by atoms with Crippen molar-refractivity contribution >= 4 is 5.97 Å². The van der Waals surface area contributed by atoms with Gasteiger partial charge in [0.05, 0.1) is 5.92 Å². The standard InChI is InChI=1S/C11H18N2O2/c1-3-4-9(11(14)15)5-6-10-12-7-8-13(10)2/h7-9H,3-6H2,1-2H3,(H,14,15). The van der Waals surface area contributed by atoms with Crippen LogP contribution in [0.2, 0.25) is 0 Å². The molecule has 1 heterocycles. The van der Waals surface area contributed by atoms with Gasteiger partial charge in [-0.2, -0.15) is 0 Å². The number of carbonyl (C=O) groups is 1. The average Bonchev–Trinajstić information content (AvgIpc) is 2.58. The van der Waals surface area contributed by atoms with Crippen LogP contribution in [0, 0.1) is 5.92 Å². The number of hydrogen-bond acceptors (Lipinski definition) is 2. The number of hydrogen-bond donors (Lipinski definition) is 1. The maximum Gasteiger partial charge on any atom is 0.306 e. The Labute approximate surface area is 89.9 Å². The highest BCUT2D eigenvalue weighted by atomic mass is 16.4. The molecule has 4 nitrogen and oxygen atoms in total. The van der Waals surface area contributed by atoms with Gasteiger partial charge in [0.25, 0.3) is 0 Å². The minimum absolute atomic E-state index is 0.230. The van der Waals surface area contributed by atoms with Crippen molar-refractivity contribution in [1.82, 2.24) is 9.55 Å². The lowest BCUT2D eigenvalue weighted by atomic mass is 9.98. The minimum atomic E-state index is -0.689. The summed E-state index contributed by atoms with van der Waals surface area (Å²) in [5, 5.41) is 8.98. The summed E-state index contributed by atoms with van der Waals surface area (Å²) in [6.07, 6.45) is 6.70. The maximum absolute atomic E-state index is 10.9. The van der Waals surface area contributed by atoms with Gasteiger partial charge in [0, 0.05) is 25.9 Å². The van der Waals surface area contributed by atoms with Crippen LogP contribution in [0.5, 0.6) is 0 Å². The van der Waals surface area contributed by atoms with Crippen LogP contribution in [0.4, 0.5) is 0 Å². The third kappa shape index (κ3) is 3.38. The summed E-state index contributed by atoms with van der Waals surface area (Å²) in [5.74, 6) is 0.0371. The van der Waals surface area contributed by atoms with Crippen molar-refractivity contribution in [3.63, 3.8) is 0 Å². The summed E-state index contributed by atoms with van der Waals surface area (Å²) in [6, 6.07) is 0. The molecule has 0 aliphatic rings. The van der Waals surface area contributed by atoms with Crippen LogP contribution < -0.4 is 0 Å². The monoisotopic (exact) mass is 210 g/mol. The largest absolute Gasteiger partial charge is 0.481 e. The highest BCUT2D eigenvalue weighted by molar-refractivity contribution is 5.69. The van der Waals surface area contributed by atoms with Crippen LogP contribution in [0.25, 0.3) is 0 Å². The zero-order valence-electron chi connectivity index (χ0n) is 9.31. The Kier molecular flexibility index (Phi) is 4.34. The van der Waals surface area contributed by atoms with E-state index in [0.717, 1.165) is 25.1 Å². The second kappa shape index (κ2) is 5.53. The fourth-order valence-corrected chi connectivity index (χ4v) is 1.68. The number of rotatable bonds is 6. The molecule has 1 unspecified atom stereocenters. The molecular formula is C11H18N2O2. The Hall–Kier alpha value is -1.32. The van der Waals surface area contributed by atoms with E-state index in [0.29, 0.717) is 6.42 Å². The molecule has 1 aromatic rings. The molecule has 0 bridgehead atoms. The van der Waals surface area contributed by atoms with Crippen LogP contribution in [-0.2, 0) is 18.3 Å². The fraction of sp³-hybridized carbons (Fsp3) is 0.636. The molecule has 0 aliphatic heterocycles. The lowest BCUT2D eigenvalue weighted by Crippen LogP contribution is -2.15. The number of aromatic nitrogens is 2. The van der Waals surface area contributed by atoms with E-state index in [1.54, 1.807) is 6.20 Å².